The average molecular weight is 221 g/mol. The zero-order valence-corrected chi connectivity index (χ0v) is 9.76. The van der Waals surface area contributed by atoms with E-state index in [1.807, 2.05) is 6.07 Å². The van der Waals surface area contributed by atoms with Crippen molar-refractivity contribution >= 4 is 0 Å². The molecule has 0 spiro atoms. The van der Waals surface area contributed by atoms with Crippen molar-refractivity contribution < 1.29 is 9.47 Å². The highest BCUT2D eigenvalue weighted by molar-refractivity contribution is 5.14. The quantitative estimate of drug-likeness (QED) is 0.769. The Balaban J connectivity index is 1.77. The lowest BCUT2D eigenvalue weighted by Gasteiger charge is -2.27. The SMILES string of the molecule is CN(Cc1ccccc1)CC1COCCO1. The van der Waals surface area contributed by atoms with Crippen molar-refractivity contribution in [2.24, 2.45) is 0 Å². The second-order valence-electron chi connectivity index (χ2n) is 4.25. The maximum atomic E-state index is 5.62. The molecule has 0 bridgehead atoms. The Kier molecular flexibility index (Phi) is 4.34. The van der Waals surface area contributed by atoms with Gasteiger partial charge in [0.05, 0.1) is 25.9 Å². The molecule has 3 heteroatoms. The number of hydrogen-bond acceptors (Lipinski definition) is 3. The van der Waals surface area contributed by atoms with Gasteiger partial charge in [0.1, 0.15) is 0 Å². The molecular formula is C13H19NO2. The first-order valence-electron chi connectivity index (χ1n) is 5.76. The van der Waals surface area contributed by atoms with Crippen molar-refractivity contribution in [2.45, 2.75) is 12.6 Å². The molecule has 0 saturated carbocycles. The Bertz CT molecular complexity index is 296. The molecule has 1 aliphatic rings. The summed E-state index contributed by atoms with van der Waals surface area (Å²) in [5, 5.41) is 0. The molecule has 0 aliphatic carbocycles. The van der Waals surface area contributed by atoms with Gasteiger partial charge in [0.2, 0.25) is 0 Å². The van der Waals surface area contributed by atoms with Crippen LogP contribution in [0.15, 0.2) is 30.3 Å². The fourth-order valence-electron chi connectivity index (χ4n) is 1.95. The van der Waals surface area contributed by atoms with Gasteiger partial charge in [-0.1, -0.05) is 30.3 Å². The van der Waals surface area contributed by atoms with Crippen molar-refractivity contribution in [3.63, 3.8) is 0 Å². The van der Waals surface area contributed by atoms with Gasteiger partial charge in [-0.15, -0.1) is 0 Å². The standard InChI is InChI=1S/C13H19NO2/c1-14(9-12-5-3-2-4-6-12)10-13-11-15-7-8-16-13/h2-6,13H,7-11H2,1H3. The van der Waals surface area contributed by atoms with Crippen LogP contribution in [0, 0.1) is 0 Å². The first-order chi connectivity index (χ1) is 7.84. The second kappa shape index (κ2) is 5.99. The van der Waals surface area contributed by atoms with Crippen LogP contribution >= 0.6 is 0 Å². The maximum Gasteiger partial charge on any atom is 0.0936 e. The van der Waals surface area contributed by atoms with E-state index in [0.717, 1.165) is 32.9 Å². The minimum Gasteiger partial charge on any atom is -0.376 e. The zero-order chi connectivity index (χ0) is 11.2. The third kappa shape index (κ3) is 3.59. The van der Waals surface area contributed by atoms with E-state index in [2.05, 4.69) is 36.2 Å². The van der Waals surface area contributed by atoms with Crippen LogP contribution in [0.2, 0.25) is 0 Å². The van der Waals surface area contributed by atoms with Gasteiger partial charge in [-0.25, -0.2) is 0 Å². The van der Waals surface area contributed by atoms with E-state index in [0.29, 0.717) is 0 Å². The molecule has 88 valence electrons. The summed E-state index contributed by atoms with van der Waals surface area (Å²) in [6.45, 7) is 4.07. The smallest absolute Gasteiger partial charge is 0.0936 e. The fourth-order valence-corrected chi connectivity index (χ4v) is 1.95. The third-order valence-corrected chi connectivity index (χ3v) is 2.70. The number of likely N-dealkylation sites (N-methyl/N-ethyl adjacent to an activating group) is 1. The Hall–Kier alpha value is -0.900. The molecule has 1 aromatic carbocycles. The maximum absolute atomic E-state index is 5.62. The molecule has 1 aliphatic heterocycles. The molecule has 1 saturated heterocycles. The molecule has 3 nitrogen and oxygen atoms in total. The van der Waals surface area contributed by atoms with Crippen LogP contribution in [0.4, 0.5) is 0 Å². The largest absolute Gasteiger partial charge is 0.376 e. The van der Waals surface area contributed by atoms with E-state index in [4.69, 9.17) is 9.47 Å². The lowest BCUT2D eigenvalue weighted by molar-refractivity contribution is -0.0962. The van der Waals surface area contributed by atoms with Crippen molar-refractivity contribution in [1.82, 2.24) is 4.90 Å². The van der Waals surface area contributed by atoms with E-state index < -0.39 is 0 Å². The predicted octanol–water partition coefficient (Wildman–Crippen LogP) is 1.53. The first kappa shape index (κ1) is 11.6. The van der Waals surface area contributed by atoms with E-state index in [9.17, 15) is 0 Å². The molecule has 2 rings (SSSR count). The summed E-state index contributed by atoms with van der Waals surface area (Å²) >= 11 is 0. The summed E-state index contributed by atoms with van der Waals surface area (Å²) in [6, 6.07) is 10.5. The van der Waals surface area contributed by atoms with Crippen LogP contribution in [0.25, 0.3) is 0 Å². The van der Waals surface area contributed by atoms with Gasteiger partial charge in [-0.2, -0.15) is 0 Å². The van der Waals surface area contributed by atoms with Crippen LogP contribution < -0.4 is 0 Å². The van der Waals surface area contributed by atoms with Gasteiger partial charge in [0, 0.05) is 13.1 Å². The van der Waals surface area contributed by atoms with Gasteiger partial charge < -0.3 is 9.47 Å². The van der Waals surface area contributed by atoms with Crippen LogP contribution in [-0.4, -0.2) is 44.4 Å². The van der Waals surface area contributed by atoms with Crippen molar-refractivity contribution in [3.8, 4) is 0 Å². The molecule has 1 unspecified atom stereocenters. The Morgan fingerprint density at radius 2 is 2.06 bits per heavy atom. The number of rotatable bonds is 4. The summed E-state index contributed by atoms with van der Waals surface area (Å²) in [5.74, 6) is 0. The lowest BCUT2D eigenvalue weighted by atomic mass is 10.2. The van der Waals surface area contributed by atoms with E-state index in [-0.39, 0.29) is 6.10 Å². The zero-order valence-electron chi connectivity index (χ0n) is 9.76. The molecule has 0 aromatic heterocycles. The summed E-state index contributed by atoms with van der Waals surface area (Å²) in [6.07, 6.45) is 0.225. The third-order valence-electron chi connectivity index (χ3n) is 2.70. The van der Waals surface area contributed by atoms with E-state index in [1.165, 1.54) is 5.56 Å². The van der Waals surface area contributed by atoms with Crippen LogP contribution in [0.5, 0.6) is 0 Å². The van der Waals surface area contributed by atoms with E-state index >= 15 is 0 Å². The van der Waals surface area contributed by atoms with Crippen LogP contribution in [0.3, 0.4) is 0 Å². The summed E-state index contributed by atoms with van der Waals surface area (Å²) < 4.78 is 11.0. The molecular weight excluding hydrogens is 202 g/mol. The van der Waals surface area contributed by atoms with Gasteiger partial charge in [-0.05, 0) is 12.6 Å². The summed E-state index contributed by atoms with van der Waals surface area (Å²) in [4.78, 5) is 2.27. The minimum absolute atomic E-state index is 0.225. The molecule has 0 radical (unpaired) electrons. The minimum atomic E-state index is 0.225. The molecule has 1 fully saturated rings. The number of hydrogen-bond donors (Lipinski definition) is 0. The highest BCUT2D eigenvalue weighted by Crippen LogP contribution is 2.06. The molecule has 1 atom stereocenters. The molecule has 0 N–H and O–H groups in total. The highest BCUT2D eigenvalue weighted by atomic mass is 16.6. The van der Waals surface area contributed by atoms with Gasteiger partial charge in [0.15, 0.2) is 0 Å². The van der Waals surface area contributed by atoms with Gasteiger partial charge in [0.25, 0.3) is 0 Å². The molecule has 1 aromatic rings. The van der Waals surface area contributed by atoms with Crippen molar-refractivity contribution in [1.29, 1.82) is 0 Å². The topological polar surface area (TPSA) is 21.7 Å². The van der Waals surface area contributed by atoms with Gasteiger partial charge in [-0.3, -0.25) is 4.90 Å². The number of ether oxygens (including phenoxy) is 2. The van der Waals surface area contributed by atoms with E-state index in [1.54, 1.807) is 0 Å². The summed E-state index contributed by atoms with van der Waals surface area (Å²) in [5.41, 5.74) is 1.33. The number of nitrogens with zero attached hydrogens (tertiary/aromatic N) is 1. The fraction of sp³-hybridized carbons (Fsp3) is 0.538. The Labute approximate surface area is 97.0 Å². The van der Waals surface area contributed by atoms with Crippen molar-refractivity contribution in [3.05, 3.63) is 35.9 Å². The van der Waals surface area contributed by atoms with Gasteiger partial charge >= 0.3 is 0 Å². The highest BCUT2D eigenvalue weighted by Gasteiger charge is 2.16. The average Bonchev–Trinajstić information content (AvgIpc) is 2.31. The lowest BCUT2D eigenvalue weighted by Crippen LogP contribution is -2.38. The predicted molar refractivity (Wildman–Crippen MR) is 63.3 cm³/mol. The van der Waals surface area contributed by atoms with Crippen molar-refractivity contribution in [2.75, 3.05) is 33.4 Å². The second-order valence-corrected chi connectivity index (χ2v) is 4.25. The molecule has 1 heterocycles. The molecule has 0 amide bonds. The Morgan fingerprint density at radius 3 is 2.75 bits per heavy atom. The monoisotopic (exact) mass is 221 g/mol. The number of benzene rings is 1. The van der Waals surface area contributed by atoms with Crippen LogP contribution in [0.1, 0.15) is 5.56 Å². The normalized spacial score (nSPS) is 21.2. The molecule has 16 heavy (non-hydrogen) atoms. The Morgan fingerprint density at radius 1 is 1.25 bits per heavy atom. The van der Waals surface area contributed by atoms with Crippen LogP contribution in [-0.2, 0) is 16.0 Å². The summed E-state index contributed by atoms with van der Waals surface area (Å²) in [7, 11) is 2.12. The first-order valence-corrected chi connectivity index (χ1v) is 5.76.